The molecule has 1 saturated carbocycles. The first-order valence-corrected chi connectivity index (χ1v) is 19.1. The van der Waals surface area contributed by atoms with Crippen molar-refractivity contribution in [3.05, 3.63) is 46.7 Å². The highest BCUT2D eigenvalue weighted by Gasteiger charge is 2.50. The van der Waals surface area contributed by atoms with Crippen LogP contribution in [0.3, 0.4) is 0 Å². The second-order valence-corrected chi connectivity index (χ2v) is 15.3. The van der Waals surface area contributed by atoms with Gasteiger partial charge in [-0.3, -0.25) is 9.69 Å². The Hall–Kier alpha value is -3.53. The van der Waals surface area contributed by atoms with Crippen LogP contribution in [-0.2, 0) is 15.7 Å². The Morgan fingerprint density at radius 1 is 0.963 bits per heavy atom. The molecule has 2 amide bonds. The third kappa shape index (κ3) is 10.0. The van der Waals surface area contributed by atoms with Gasteiger partial charge in [-0.2, -0.15) is 31.4 Å². The highest BCUT2D eigenvalue weighted by molar-refractivity contribution is 6.30. The Labute approximate surface area is 315 Å². The number of rotatable bonds is 8. The van der Waals surface area contributed by atoms with E-state index < -0.39 is 41.1 Å². The third-order valence-corrected chi connectivity index (χ3v) is 11.6. The van der Waals surface area contributed by atoms with Gasteiger partial charge < -0.3 is 19.6 Å². The second-order valence-electron chi connectivity index (χ2n) is 14.8. The zero-order valence-electron chi connectivity index (χ0n) is 30.3. The van der Waals surface area contributed by atoms with Crippen LogP contribution in [0.2, 0.25) is 5.02 Å². The summed E-state index contributed by atoms with van der Waals surface area (Å²) in [4.78, 5) is 41.6. The van der Waals surface area contributed by atoms with Gasteiger partial charge in [-0.1, -0.05) is 50.6 Å². The van der Waals surface area contributed by atoms with Crippen LogP contribution in [0.5, 0.6) is 0 Å². The molecule has 300 valence electrons. The van der Waals surface area contributed by atoms with E-state index in [1.54, 1.807) is 0 Å². The number of halogens is 7. The van der Waals surface area contributed by atoms with E-state index >= 15 is 0 Å². The van der Waals surface area contributed by atoms with Crippen molar-refractivity contribution < 1.29 is 50.6 Å². The molecular weight excluding hydrogens is 744 g/mol. The monoisotopic (exact) mass is 791 g/mol. The average molecular weight is 792 g/mol. The first-order chi connectivity index (χ1) is 25.5. The molecule has 54 heavy (non-hydrogen) atoms. The maximum atomic E-state index is 14.2. The lowest BCUT2D eigenvalue weighted by molar-refractivity contribution is -0.192. The Kier molecular flexibility index (Phi) is 13.5. The molecule has 1 aromatic carbocycles. The van der Waals surface area contributed by atoms with Gasteiger partial charge in [0, 0.05) is 69.1 Å². The van der Waals surface area contributed by atoms with Gasteiger partial charge in [0.05, 0.1) is 17.4 Å². The van der Waals surface area contributed by atoms with Crippen LogP contribution in [0.4, 0.5) is 31.1 Å². The van der Waals surface area contributed by atoms with Gasteiger partial charge in [0.25, 0.3) is 5.91 Å². The predicted molar refractivity (Wildman–Crippen MR) is 187 cm³/mol. The summed E-state index contributed by atoms with van der Waals surface area (Å²) in [6.07, 6.45) is 3.45. The van der Waals surface area contributed by atoms with Crippen LogP contribution >= 0.6 is 11.6 Å². The van der Waals surface area contributed by atoms with Crippen LogP contribution in [0.1, 0.15) is 100 Å². The molecule has 1 spiro atoms. The molecule has 0 radical (unpaired) electrons. The summed E-state index contributed by atoms with van der Waals surface area (Å²) in [6, 6.07) is 6.10. The van der Waals surface area contributed by atoms with Crippen molar-refractivity contribution in [2.75, 3.05) is 39.3 Å². The first kappa shape index (κ1) is 41.6. The molecule has 1 N–H and O–H groups in total. The number of benzene rings is 1. The van der Waals surface area contributed by atoms with Gasteiger partial charge in [0.2, 0.25) is 0 Å². The number of nitrogens with zero attached hydrogens (tertiary/aromatic N) is 5. The summed E-state index contributed by atoms with van der Waals surface area (Å²) >= 11 is 5.92. The number of alkyl halides is 6. The molecule has 1 aromatic heterocycles. The van der Waals surface area contributed by atoms with E-state index in [1.807, 2.05) is 4.90 Å². The number of carboxylic acid groups (broad SMARTS) is 1. The molecule has 0 bridgehead atoms. The van der Waals surface area contributed by atoms with Crippen LogP contribution in [0, 0.1) is 11.8 Å². The molecule has 4 heterocycles. The number of piperidine rings is 2. The predicted octanol–water partition coefficient (Wildman–Crippen LogP) is 8.46. The molecule has 10 nitrogen and oxygen atoms in total. The lowest BCUT2D eigenvalue weighted by Crippen LogP contribution is -2.61. The zero-order valence-corrected chi connectivity index (χ0v) is 31.1. The molecule has 3 aliphatic heterocycles. The molecule has 1 aliphatic carbocycles. The van der Waals surface area contributed by atoms with E-state index in [9.17, 15) is 35.9 Å². The molecule has 1 atom stereocenters. The Morgan fingerprint density at radius 2 is 1.57 bits per heavy atom. The Balaban J connectivity index is 0.000000730. The summed E-state index contributed by atoms with van der Waals surface area (Å²) in [5.41, 5.74) is -1.77. The lowest BCUT2D eigenvalue weighted by Gasteiger charge is -2.52. The number of ether oxygens (including phenoxy) is 1. The summed E-state index contributed by atoms with van der Waals surface area (Å²) in [7, 11) is 0. The van der Waals surface area contributed by atoms with E-state index in [4.69, 9.17) is 26.2 Å². The number of hydrogen-bond donors (Lipinski definition) is 1. The summed E-state index contributed by atoms with van der Waals surface area (Å²) < 4.78 is 81.6. The molecule has 4 aliphatic rings. The van der Waals surface area contributed by atoms with Gasteiger partial charge in [-0.05, 0) is 62.3 Å². The van der Waals surface area contributed by atoms with Crippen LogP contribution in [0.15, 0.2) is 30.5 Å². The number of hydrogen-bond acceptors (Lipinski definition) is 6. The highest BCUT2D eigenvalue weighted by Crippen LogP contribution is 2.42. The largest absolute Gasteiger partial charge is 0.490 e. The number of aliphatic carboxylic acids is 1. The van der Waals surface area contributed by atoms with Crippen LogP contribution < -0.4 is 0 Å². The van der Waals surface area contributed by atoms with Crippen molar-refractivity contribution in [2.45, 2.75) is 108 Å². The van der Waals surface area contributed by atoms with Gasteiger partial charge in [0.15, 0.2) is 5.69 Å². The van der Waals surface area contributed by atoms with Crippen molar-refractivity contribution in [1.29, 1.82) is 0 Å². The highest BCUT2D eigenvalue weighted by atomic mass is 35.5. The third-order valence-electron chi connectivity index (χ3n) is 11.3. The van der Waals surface area contributed by atoms with E-state index in [1.165, 1.54) is 61.3 Å². The zero-order chi connectivity index (χ0) is 39.3. The Bertz CT molecular complexity index is 1580. The summed E-state index contributed by atoms with van der Waals surface area (Å²) in [6.45, 7) is 6.17. The van der Waals surface area contributed by atoms with Gasteiger partial charge in [-0.25, -0.2) is 14.3 Å². The maximum absolute atomic E-state index is 14.2. The molecule has 2 aromatic rings. The number of carboxylic acids is 1. The minimum Gasteiger partial charge on any atom is -0.475 e. The molecule has 1 unspecified atom stereocenters. The van der Waals surface area contributed by atoms with Crippen molar-refractivity contribution >= 4 is 29.6 Å². The molecule has 6 rings (SSSR count). The SMILES string of the molecule is CCCCC1CN(CC2CCCCC2)C(=O)OC12CCN(C1CCN(C(=O)c3cnn(-c4ccc(Cl)cc4)c3C(F)(F)F)CC1)CC2.O=C(O)C(F)(F)F. The normalized spacial score (nSPS) is 21.8. The van der Waals surface area contributed by atoms with Crippen molar-refractivity contribution in [3.63, 3.8) is 0 Å². The van der Waals surface area contributed by atoms with E-state index in [-0.39, 0.29) is 17.8 Å². The summed E-state index contributed by atoms with van der Waals surface area (Å²) in [5, 5.41) is 11.5. The van der Waals surface area contributed by atoms with Crippen LogP contribution in [0.25, 0.3) is 5.69 Å². The van der Waals surface area contributed by atoms with E-state index in [0.29, 0.717) is 42.8 Å². The second kappa shape index (κ2) is 17.5. The fourth-order valence-corrected chi connectivity index (χ4v) is 8.53. The number of amides is 2. The van der Waals surface area contributed by atoms with Gasteiger partial charge in [0.1, 0.15) is 5.60 Å². The maximum Gasteiger partial charge on any atom is 0.490 e. The smallest absolute Gasteiger partial charge is 0.475 e. The van der Waals surface area contributed by atoms with E-state index in [2.05, 4.69) is 16.9 Å². The fourth-order valence-electron chi connectivity index (χ4n) is 8.40. The number of unbranched alkanes of at least 4 members (excludes halogenated alkanes) is 1. The number of carbonyl (C=O) groups excluding carboxylic acids is 2. The number of likely N-dealkylation sites (tertiary alicyclic amines) is 2. The fraction of sp³-hybridized carbons (Fsp3) is 0.676. The lowest BCUT2D eigenvalue weighted by atomic mass is 9.75. The molecule has 17 heteroatoms. The van der Waals surface area contributed by atoms with E-state index in [0.717, 1.165) is 69.2 Å². The van der Waals surface area contributed by atoms with Gasteiger partial charge >= 0.3 is 24.4 Å². The Morgan fingerprint density at radius 3 is 2.13 bits per heavy atom. The average Bonchev–Trinajstić information content (AvgIpc) is 3.59. The summed E-state index contributed by atoms with van der Waals surface area (Å²) in [5.74, 6) is -2.51. The minimum atomic E-state index is -5.08. The number of carbonyl (C=O) groups is 3. The van der Waals surface area contributed by atoms with Crippen molar-refractivity contribution in [1.82, 2.24) is 24.5 Å². The van der Waals surface area contributed by atoms with Crippen molar-refractivity contribution in [3.8, 4) is 5.69 Å². The molecular formula is C37H48ClF6N5O5. The van der Waals surface area contributed by atoms with Crippen molar-refractivity contribution in [2.24, 2.45) is 11.8 Å². The molecule has 4 fully saturated rings. The quantitative estimate of drug-likeness (QED) is 0.268. The number of aromatic nitrogens is 2. The standard InChI is InChI=1S/C35H47ClF3N5O3.C2HF3O2/c1-2-3-9-26-24-43(23-25-7-5-4-6-8-25)33(46)47-34(26)16-20-41(21-17-34)28-14-18-42(19-15-28)32(45)30-22-40-44(31(30)35(37,38)39)29-12-10-27(36)11-13-29;3-2(4,5)1(6)7/h10-13,22,25-26,28H,2-9,14-21,23-24H2,1H3;(H,6,7). The first-order valence-electron chi connectivity index (χ1n) is 18.7. The molecule has 3 saturated heterocycles. The van der Waals surface area contributed by atoms with Gasteiger partial charge in [-0.15, -0.1) is 0 Å². The van der Waals surface area contributed by atoms with Crippen LogP contribution in [-0.4, -0.2) is 105 Å². The minimum absolute atomic E-state index is 0.152. The topological polar surface area (TPSA) is 108 Å².